The number of sulfone groups is 1. The van der Waals surface area contributed by atoms with E-state index in [1.807, 2.05) is 6.07 Å². The molecular weight excluding hydrogens is 274 g/mol. The minimum Gasteiger partial charge on any atom is -0.352 e. The lowest BCUT2D eigenvalue weighted by molar-refractivity contribution is -0.121. The lowest BCUT2D eigenvalue weighted by atomic mass is 9.95. The first-order chi connectivity index (χ1) is 9.59. The average molecular weight is 293 g/mol. The van der Waals surface area contributed by atoms with Crippen LogP contribution in [0.4, 0.5) is 0 Å². The van der Waals surface area contributed by atoms with E-state index >= 15 is 0 Å². The van der Waals surface area contributed by atoms with Gasteiger partial charge in [-0.05, 0) is 30.9 Å². The molecule has 0 radical (unpaired) electrons. The molecular formula is C15H19NO3S. The van der Waals surface area contributed by atoms with Crippen molar-refractivity contribution in [1.29, 1.82) is 0 Å². The van der Waals surface area contributed by atoms with Gasteiger partial charge in [-0.25, -0.2) is 8.42 Å². The van der Waals surface area contributed by atoms with E-state index in [2.05, 4.69) is 5.32 Å². The summed E-state index contributed by atoms with van der Waals surface area (Å²) < 4.78 is 24.8. The zero-order valence-electron chi connectivity index (χ0n) is 11.3. The van der Waals surface area contributed by atoms with Gasteiger partial charge in [-0.3, -0.25) is 4.79 Å². The van der Waals surface area contributed by atoms with Crippen LogP contribution in [0.15, 0.2) is 29.2 Å². The molecule has 108 valence electrons. The molecule has 1 unspecified atom stereocenters. The first-order valence-electron chi connectivity index (χ1n) is 7.21. The standard InChI is InChI=1S/C15H19NO3S/c17-15(16-12-7-2-1-3-8-12)14-10-11-6-4-5-9-13(11)20(14,18)19/h4-6,9,12,14H,1-3,7-8,10H2,(H,16,17). The second-order valence-electron chi connectivity index (χ2n) is 5.69. The molecule has 0 saturated heterocycles. The molecule has 3 rings (SSSR count). The van der Waals surface area contributed by atoms with Gasteiger partial charge in [0.15, 0.2) is 9.84 Å². The molecule has 20 heavy (non-hydrogen) atoms. The fraction of sp³-hybridized carbons (Fsp3) is 0.533. The largest absolute Gasteiger partial charge is 0.352 e. The summed E-state index contributed by atoms with van der Waals surface area (Å²) >= 11 is 0. The van der Waals surface area contributed by atoms with Gasteiger partial charge >= 0.3 is 0 Å². The Morgan fingerprint density at radius 2 is 1.80 bits per heavy atom. The number of carbonyl (C=O) groups is 1. The van der Waals surface area contributed by atoms with Gasteiger partial charge in [0.25, 0.3) is 0 Å². The molecule has 0 bridgehead atoms. The fourth-order valence-corrected chi connectivity index (χ4v) is 5.03. The van der Waals surface area contributed by atoms with Crippen molar-refractivity contribution in [1.82, 2.24) is 5.32 Å². The maximum absolute atomic E-state index is 12.4. The van der Waals surface area contributed by atoms with Gasteiger partial charge in [0.05, 0.1) is 4.90 Å². The Balaban J connectivity index is 1.77. The molecule has 1 aliphatic heterocycles. The van der Waals surface area contributed by atoms with Crippen molar-refractivity contribution in [2.45, 2.75) is 54.7 Å². The molecule has 1 aromatic carbocycles. The van der Waals surface area contributed by atoms with Gasteiger partial charge < -0.3 is 5.32 Å². The first kappa shape index (κ1) is 13.6. The second-order valence-corrected chi connectivity index (χ2v) is 7.79. The summed E-state index contributed by atoms with van der Waals surface area (Å²) in [5.41, 5.74) is 0.760. The molecule has 0 spiro atoms. The van der Waals surface area contributed by atoms with Crippen LogP contribution in [0, 0.1) is 0 Å². The Labute approximate surface area is 119 Å². The first-order valence-corrected chi connectivity index (χ1v) is 8.76. The van der Waals surface area contributed by atoms with Crippen molar-refractivity contribution >= 4 is 15.7 Å². The number of hydrogen-bond acceptors (Lipinski definition) is 3. The Morgan fingerprint density at radius 1 is 1.10 bits per heavy atom. The normalized spacial score (nSPS) is 25.1. The predicted octanol–water partition coefficient (Wildman–Crippen LogP) is 1.83. The van der Waals surface area contributed by atoms with Gasteiger partial charge in [0, 0.05) is 6.04 Å². The monoisotopic (exact) mass is 293 g/mol. The van der Waals surface area contributed by atoms with Crippen LogP contribution in [-0.4, -0.2) is 25.6 Å². The van der Waals surface area contributed by atoms with E-state index in [1.54, 1.807) is 18.2 Å². The molecule has 1 fully saturated rings. The third kappa shape index (κ3) is 2.35. The molecule has 1 aromatic rings. The van der Waals surface area contributed by atoms with E-state index in [1.165, 1.54) is 6.42 Å². The van der Waals surface area contributed by atoms with Crippen LogP contribution in [-0.2, 0) is 21.1 Å². The minimum atomic E-state index is -3.51. The Bertz CT molecular complexity index is 618. The van der Waals surface area contributed by atoms with Gasteiger partial charge in [-0.2, -0.15) is 0 Å². The van der Waals surface area contributed by atoms with Gasteiger partial charge in [0.2, 0.25) is 5.91 Å². The van der Waals surface area contributed by atoms with Crippen LogP contribution in [0.5, 0.6) is 0 Å². The molecule has 1 aliphatic carbocycles. The predicted molar refractivity (Wildman–Crippen MR) is 76.1 cm³/mol. The molecule has 1 atom stereocenters. The Morgan fingerprint density at radius 3 is 2.50 bits per heavy atom. The molecule has 1 N–H and O–H groups in total. The van der Waals surface area contributed by atoms with Crippen LogP contribution < -0.4 is 5.32 Å². The van der Waals surface area contributed by atoms with Gasteiger partial charge in [-0.15, -0.1) is 0 Å². The summed E-state index contributed by atoms with van der Waals surface area (Å²) in [6, 6.07) is 7.06. The zero-order chi connectivity index (χ0) is 14.2. The minimum absolute atomic E-state index is 0.148. The highest BCUT2D eigenvalue weighted by Gasteiger charge is 2.42. The smallest absolute Gasteiger partial charge is 0.239 e. The van der Waals surface area contributed by atoms with Gasteiger partial charge in [0.1, 0.15) is 5.25 Å². The fourth-order valence-electron chi connectivity index (χ4n) is 3.19. The zero-order valence-corrected chi connectivity index (χ0v) is 12.2. The van der Waals surface area contributed by atoms with E-state index in [0.29, 0.717) is 11.3 Å². The van der Waals surface area contributed by atoms with E-state index in [9.17, 15) is 13.2 Å². The summed E-state index contributed by atoms with van der Waals surface area (Å²) in [5.74, 6) is -0.326. The number of nitrogens with one attached hydrogen (secondary N) is 1. The topological polar surface area (TPSA) is 63.2 Å². The third-order valence-electron chi connectivity index (χ3n) is 4.30. The van der Waals surface area contributed by atoms with E-state index in [0.717, 1.165) is 31.2 Å². The number of fused-ring (bicyclic) bond motifs is 1. The van der Waals surface area contributed by atoms with Crippen molar-refractivity contribution in [3.05, 3.63) is 29.8 Å². The van der Waals surface area contributed by atoms with Gasteiger partial charge in [-0.1, -0.05) is 37.5 Å². The summed E-state index contributed by atoms with van der Waals surface area (Å²) in [6.07, 6.45) is 5.67. The quantitative estimate of drug-likeness (QED) is 0.905. The maximum Gasteiger partial charge on any atom is 0.239 e. The second kappa shape index (κ2) is 5.20. The molecule has 5 heteroatoms. The Hall–Kier alpha value is -1.36. The van der Waals surface area contributed by atoms with E-state index in [4.69, 9.17) is 0 Å². The molecule has 1 saturated carbocycles. The van der Waals surface area contributed by atoms with Crippen molar-refractivity contribution in [3.8, 4) is 0 Å². The van der Waals surface area contributed by atoms with Crippen LogP contribution >= 0.6 is 0 Å². The van der Waals surface area contributed by atoms with Crippen LogP contribution in [0.3, 0.4) is 0 Å². The van der Waals surface area contributed by atoms with Crippen molar-refractivity contribution < 1.29 is 13.2 Å². The van der Waals surface area contributed by atoms with Crippen molar-refractivity contribution in [2.24, 2.45) is 0 Å². The highest BCUT2D eigenvalue weighted by atomic mass is 32.2. The molecule has 0 aromatic heterocycles. The number of hydrogen-bond donors (Lipinski definition) is 1. The summed E-state index contributed by atoms with van der Waals surface area (Å²) in [7, 11) is -3.51. The van der Waals surface area contributed by atoms with Crippen LogP contribution in [0.2, 0.25) is 0 Å². The summed E-state index contributed by atoms with van der Waals surface area (Å²) in [6.45, 7) is 0. The third-order valence-corrected chi connectivity index (χ3v) is 6.44. The SMILES string of the molecule is O=C(NC1CCCCC1)C1Cc2ccccc2S1(=O)=O. The number of carbonyl (C=O) groups excluding carboxylic acids is 1. The Kier molecular flexibility index (Phi) is 3.54. The highest BCUT2D eigenvalue weighted by molar-refractivity contribution is 7.93. The summed E-state index contributed by atoms with van der Waals surface area (Å²) in [5, 5.41) is 1.99. The lowest BCUT2D eigenvalue weighted by Gasteiger charge is -2.24. The van der Waals surface area contributed by atoms with Crippen LogP contribution in [0.1, 0.15) is 37.7 Å². The van der Waals surface area contributed by atoms with E-state index < -0.39 is 15.1 Å². The molecule has 1 amide bonds. The number of benzene rings is 1. The average Bonchev–Trinajstić information content (AvgIpc) is 2.72. The molecule has 4 nitrogen and oxygen atoms in total. The summed E-state index contributed by atoms with van der Waals surface area (Å²) in [4.78, 5) is 12.6. The lowest BCUT2D eigenvalue weighted by Crippen LogP contribution is -2.44. The number of rotatable bonds is 2. The highest BCUT2D eigenvalue weighted by Crippen LogP contribution is 2.31. The maximum atomic E-state index is 12.4. The van der Waals surface area contributed by atoms with Crippen LogP contribution in [0.25, 0.3) is 0 Å². The van der Waals surface area contributed by atoms with Crippen molar-refractivity contribution in [3.63, 3.8) is 0 Å². The van der Waals surface area contributed by atoms with Crippen molar-refractivity contribution in [2.75, 3.05) is 0 Å². The number of amides is 1. The van der Waals surface area contributed by atoms with E-state index in [-0.39, 0.29) is 11.9 Å². The molecule has 1 heterocycles. The molecule has 2 aliphatic rings.